The molecule has 0 unspecified atom stereocenters. The Morgan fingerprint density at radius 1 is 0.920 bits per heavy atom. The number of benzene rings is 1. The van der Waals surface area contributed by atoms with Crippen LogP contribution in [0.5, 0.6) is 0 Å². The van der Waals surface area contributed by atoms with Crippen LogP contribution in [0, 0.1) is 23.3 Å². The molecule has 1 rings (SSSR count). The molecule has 3 nitrogen and oxygen atoms in total. The summed E-state index contributed by atoms with van der Waals surface area (Å²) in [4.78, 5) is 0. The number of rotatable bonds is 10. The second kappa shape index (κ2) is 9.66. The maximum atomic E-state index is 13.7. The van der Waals surface area contributed by atoms with E-state index in [-0.39, 0.29) is 24.2 Å². The van der Waals surface area contributed by atoms with E-state index in [4.69, 9.17) is 13.9 Å². The molecule has 0 amide bonds. The van der Waals surface area contributed by atoms with Crippen molar-refractivity contribution in [2.24, 2.45) is 0 Å². The molecule has 0 saturated heterocycles. The molecule has 141 valence electrons. The number of hydrogen-bond donors (Lipinski definition) is 0. The summed E-state index contributed by atoms with van der Waals surface area (Å²) in [5.41, 5.74) is -0.212. The lowest BCUT2D eigenvalue weighted by molar-refractivity contribution is -0.369. The highest BCUT2D eigenvalue weighted by Crippen LogP contribution is 2.27. The summed E-state index contributed by atoms with van der Waals surface area (Å²) in [6, 6.07) is 0.677. The van der Waals surface area contributed by atoms with Crippen molar-refractivity contribution in [2.75, 3.05) is 0 Å². The van der Waals surface area contributed by atoms with Crippen LogP contribution in [0.15, 0.2) is 6.07 Å². The lowest BCUT2D eigenvalue weighted by Crippen LogP contribution is -2.42. The Bertz CT molecular complexity index is 557. The van der Waals surface area contributed by atoms with Crippen LogP contribution >= 0.6 is 0 Å². The number of aryl methyl sites for hydroxylation is 1. The van der Waals surface area contributed by atoms with Crippen LogP contribution in [0.2, 0.25) is 0 Å². The van der Waals surface area contributed by atoms with Crippen molar-refractivity contribution in [3.05, 3.63) is 34.9 Å². The predicted octanol–water partition coefficient (Wildman–Crippen LogP) is 4.56. The second-order valence-electron chi connectivity index (χ2n) is 6.28. The van der Waals surface area contributed by atoms with Gasteiger partial charge in [0.15, 0.2) is 23.3 Å². The van der Waals surface area contributed by atoms with Crippen molar-refractivity contribution in [1.82, 2.24) is 0 Å². The van der Waals surface area contributed by atoms with Gasteiger partial charge in [0.25, 0.3) is 16.5 Å². The molecule has 0 atom stereocenters. The molecule has 3 radical (unpaired) electrons. The number of hydrogen-bond acceptors (Lipinski definition) is 3. The molecule has 0 N–H and O–H groups in total. The maximum absolute atomic E-state index is 13.7. The lowest BCUT2D eigenvalue weighted by atomic mass is 10.0. The van der Waals surface area contributed by atoms with Gasteiger partial charge in [0, 0.05) is 6.42 Å². The molecule has 0 aliphatic carbocycles. The van der Waals surface area contributed by atoms with Gasteiger partial charge in [-0.3, -0.25) is 0 Å². The quantitative estimate of drug-likeness (QED) is 0.149. The summed E-state index contributed by atoms with van der Waals surface area (Å²) in [7, 11) is 2.97. The van der Waals surface area contributed by atoms with Gasteiger partial charge in [0.1, 0.15) is 0 Å². The summed E-state index contributed by atoms with van der Waals surface area (Å²) in [6.07, 6.45) is 0.841. The number of halogens is 4. The first-order valence-corrected chi connectivity index (χ1v) is 8.55. The Kier molecular flexibility index (Phi) is 8.53. The van der Waals surface area contributed by atoms with Gasteiger partial charge in [0.05, 0.1) is 12.2 Å². The standard InChI is InChI=1S/C17H23F4O3Si/c1-10(2)22-17(24-25,23-11(3)4)8-6-5-7-12-9-13(18)15(20)16(21)14(12)19/h9-11H,5-8H2,1-4H3. The van der Waals surface area contributed by atoms with Crippen LogP contribution in [-0.2, 0) is 20.3 Å². The van der Waals surface area contributed by atoms with Crippen molar-refractivity contribution in [2.45, 2.75) is 71.6 Å². The second-order valence-corrected chi connectivity index (χ2v) is 6.49. The Morgan fingerprint density at radius 2 is 1.48 bits per heavy atom. The molecule has 0 heterocycles. The van der Waals surface area contributed by atoms with E-state index in [1.807, 2.05) is 27.7 Å². The zero-order valence-electron chi connectivity index (χ0n) is 14.8. The van der Waals surface area contributed by atoms with Crippen molar-refractivity contribution in [1.29, 1.82) is 0 Å². The zero-order chi connectivity index (χ0) is 19.2. The predicted molar refractivity (Wildman–Crippen MR) is 85.8 cm³/mol. The van der Waals surface area contributed by atoms with E-state index in [2.05, 4.69) is 10.5 Å². The minimum atomic E-state index is -1.80. The average molecular weight is 379 g/mol. The van der Waals surface area contributed by atoms with E-state index >= 15 is 0 Å². The smallest absolute Gasteiger partial charge is 0.273 e. The van der Waals surface area contributed by atoms with E-state index in [9.17, 15) is 17.6 Å². The molecule has 0 aliphatic heterocycles. The largest absolute Gasteiger partial charge is 0.371 e. The molecule has 0 bridgehead atoms. The zero-order valence-corrected chi connectivity index (χ0v) is 15.8. The van der Waals surface area contributed by atoms with Gasteiger partial charge in [-0.05, 0) is 58.6 Å². The summed E-state index contributed by atoms with van der Waals surface area (Å²) in [6.45, 7) is 7.29. The number of unbranched alkanes of at least 4 members (excludes halogenated alkanes) is 1. The van der Waals surface area contributed by atoms with Crippen molar-refractivity contribution in [3.63, 3.8) is 0 Å². The lowest BCUT2D eigenvalue weighted by Gasteiger charge is -2.35. The minimum Gasteiger partial charge on any atom is -0.371 e. The van der Waals surface area contributed by atoms with Crippen LogP contribution in [0.4, 0.5) is 17.6 Å². The van der Waals surface area contributed by atoms with Crippen molar-refractivity contribution >= 4 is 10.5 Å². The highest BCUT2D eigenvalue weighted by Gasteiger charge is 2.33. The molecular formula is C17H23F4O3Si. The first-order chi connectivity index (χ1) is 11.6. The van der Waals surface area contributed by atoms with Crippen LogP contribution < -0.4 is 0 Å². The minimum absolute atomic E-state index is 0.0428. The molecule has 0 aliphatic rings. The van der Waals surface area contributed by atoms with Gasteiger partial charge in [-0.2, -0.15) is 0 Å². The van der Waals surface area contributed by atoms with Gasteiger partial charge in [0.2, 0.25) is 0 Å². The third-order valence-electron chi connectivity index (χ3n) is 3.34. The summed E-state index contributed by atoms with van der Waals surface area (Å²) < 4.78 is 69.6. The fraction of sp³-hybridized carbons (Fsp3) is 0.647. The summed E-state index contributed by atoms with van der Waals surface area (Å²) in [5.74, 6) is -7.68. The van der Waals surface area contributed by atoms with E-state index in [1.165, 1.54) is 0 Å². The van der Waals surface area contributed by atoms with E-state index in [0.717, 1.165) is 0 Å². The maximum Gasteiger partial charge on any atom is 0.273 e. The van der Waals surface area contributed by atoms with Crippen molar-refractivity contribution in [3.8, 4) is 0 Å². The Morgan fingerprint density at radius 3 is 1.96 bits per heavy atom. The van der Waals surface area contributed by atoms with Gasteiger partial charge in [-0.15, -0.1) is 0 Å². The van der Waals surface area contributed by atoms with Gasteiger partial charge < -0.3 is 13.9 Å². The van der Waals surface area contributed by atoms with Crippen molar-refractivity contribution < 1.29 is 31.5 Å². The monoisotopic (exact) mass is 379 g/mol. The number of ether oxygens (including phenoxy) is 2. The SMILES string of the molecule is CC(C)OC(CCCCc1cc(F)c(F)c(F)c1F)(O[Si])OC(C)C. The molecule has 1 aromatic carbocycles. The van der Waals surface area contributed by atoms with E-state index in [1.54, 1.807) is 0 Å². The fourth-order valence-corrected chi connectivity index (χ4v) is 2.62. The van der Waals surface area contributed by atoms with E-state index in [0.29, 0.717) is 25.3 Å². The van der Waals surface area contributed by atoms with Crippen LogP contribution in [0.25, 0.3) is 0 Å². The molecule has 8 heteroatoms. The Labute approximate surface area is 149 Å². The average Bonchev–Trinajstić information content (AvgIpc) is 2.52. The first kappa shape index (κ1) is 22.1. The van der Waals surface area contributed by atoms with E-state index < -0.39 is 29.2 Å². The molecule has 1 aromatic rings. The topological polar surface area (TPSA) is 27.7 Å². The van der Waals surface area contributed by atoms with Crippen LogP contribution in [0.3, 0.4) is 0 Å². The van der Waals surface area contributed by atoms with Gasteiger partial charge >= 0.3 is 0 Å². The highest BCUT2D eigenvalue weighted by atomic mass is 28.2. The summed E-state index contributed by atoms with van der Waals surface area (Å²) in [5, 5.41) is 0. The van der Waals surface area contributed by atoms with Crippen LogP contribution in [-0.4, -0.2) is 28.7 Å². The summed E-state index contributed by atoms with van der Waals surface area (Å²) >= 11 is 0. The normalized spacial score (nSPS) is 12.4. The Balaban J connectivity index is 2.71. The molecule has 0 fully saturated rings. The third kappa shape index (κ3) is 6.36. The fourth-order valence-electron chi connectivity index (χ4n) is 2.42. The molecule has 25 heavy (non-hydrogen) atoms. The molecule has 0 saturated carbocycles. The first-order valence-electron chi connectivity index (χ1n) is 8.14. The van der Waals surface area contributed by atoms with Crippen LogP contribution in [0.1, 0.15) is 52.5 Å². The Hall–Kier alpha value is -0.963. The third-order valence-corrected chi connectivity index (χ3v) is 3.65. The molecule has 0 aromatic heterocycles. The van der Waals surface area contributed by atoms with Gasteiger partial charge in [-0.1, -0.05) is 0 Å². The highest BCUT2D eigenvalue weighted by molar-refractivity contribution is 5.98. The molecular weight excluding hydrogens is 356 g/mol. The van der Waals surface area contributed by atoms with Gasteiger partial charge in [-0.25, -0.2) is 17.6 Å². The molecule has 0 spiro atoms.